The summed E-state index contributed by atoms with van der Waals surface area (Å²) in [6.07, 6.45) is 23.8. The lowest BCUT2D eigenvalue weighted by Gasteiger charge is -2.04. The Labute approximate surface area is 149 Å². The van der Waals surface area contributed by atoms with Crippen molar-refractivity contribution >= 4 is 9.84 Å². The number of unbranched alkanes of at least 4 members (excludes halogenated alkanes) is 12. The first-order valence-corrected chi connectivity index (χ1v) is 11.5. The molecule has 0 aromatic carbocycles. The smallest absolute Gasteiger partial charge is 0.206 e. The van der Waals surface area contributed by atoms with E-state index in [0.29, 0.717) is 9.81 Å². The van der Waals surface area contributed by atoms with Crippen LogP contribution in [0.15, 0.2) is 33.6 Å². The molecular formula is C21H34O2S. The van der Waals surface area contributed by atoms with Crippen LogP contribution in [0.3, 0.4) is 0 Å². The van der Waals surface area contributed by atoms with Gasteiger partial charge in [0.05, 0.1) is 9.81 Å². The monoisotopic (exact) mass is 350 g/mol. The maximum Gasteiger partial charge on any atom is 0.206 e. The van der Waals surface area contributed by atoms with E-state index >= 15 is 0 Å². The number of fused-ring (bicyclic) bond motifs is 2. The summed E-state index contributed by atoms with van der Waals surface area (Å²) in [6, 6.07) is 0. The number of hydrogen-bond acceptors (Lipinski definition) is 2. The number of allylic oxidation sites excluding steroid dienone is 4. The Balaban J connectivity index is 1.41. The highest BCUT2D eigenvalue weighted by atomic mass is 32.2. The zero-order valence-electron chi connectivity index (χ0n) is 15.4. The summed E-state index contributed by atoms with van der Waals surface area (Å²) < 4.78 is 23.8. The van der Waals surface area contributed by atoms with E-state index in [4.69, 9.17) is 0 Å². The van der Waals surface area contributed by atoms with Crippen molar-refractivity contribution in [1.29, 1.82) is 0 Å². The normalized spacial score (nSPS) is 17.8. The van der Waals surface area contributed by atoms with Crippen LogP contribution in [0.4, 0.5) is 0 Å². The molecule has 0 saturated heterocycles. The summed E-state index contributed by atoms with van der Waals surface area (Å²) in [7, 11) is -3.08. The molecule has 3 heteroatoms. The van der Waals surface area contributed by atoms with E-state index in [1.807, 2.05) is 6.08 Å². The molecule has 0 radical (unpaired) electrons. The van der Waals surface area contributed by atoms with E-state index in [1.165, 1.54) is 77.0 Å². The first-order valence-electron chi connectivity index (χ1n) is 10.0. The van der Waals surface area contributed by atoms with Crippen LogP contribution in [0.5, 0.6) is 0 Å². The Hall–Kier alpha value is -0.830. The predicted octanol–water partition coefficient (Wildman–Crippen LogP) is 6.60. The fourth-order valence-corrected chi connectivity index (χ4v) is 5.19. The standard InChI is InChI=1S/C21H34O2S/c1-2-3-4-5-6-7-8-9-10-11-12-13-14-15-19-18-20-16-17-21(19)24(20,22)23/h16-18H,2-15H2,1H3. The van der Waals surface area contributed by atoms with Gasteiger partial charge in [0, 0.05) is 0 Å². The largest absolute Gasteiger partial charge is 0.219 e. The molecule has 2 rings (SSSR count). The molecule has 136 valence electrons. The third-order valence-electron chi connectivity index (χ3n) is 5.18. The van der Waals surface area contributed by atoms with Crippen molar-refractivity contribution in [3.63, 3.8) is 0 Å². The van der Waals surface area contributed by atoms with Crippen molar-refractivity contribution in [2.45, 2.75) is 96.8 Å². The molecule has 24 heavy (non-hydrogen) atoms. The highest BCUT2D eigenvalue weighted by Gasteiger charge is 2.33. The van der Waals surface area contributed by atoms with E-state index < -0.39 is 9.84 Å². The van der Waals surface area contributed by atoms with Gasteiger partial charge in [-0.2, -0.15) is 0 Å². The summed E-state index contributed by atoms with van der Waals surface area (Å²) >= 11 is 0. The zero-order chi connectivity index (χ0) is 17.3. The molecule has 2 heterocycles. The van der Waals surface area contributed by atoms with Crippen LogP contribution in [0.1, 0.15) is 96.8 Å². The minimum Gasteiger partial charge on any atom is -0.219 e. The average molecular weight is 351 g/mol. The Morgan fingerprint density at radius 2 is 1.21 bits per heavy atom. The van der Waals surface area contributed by atoms with Crippen LogP contribution in [0, 0.1) is 0 Å². The fraction of sp³-hybridized carbons (Fsp3) is 0.714. The van der Waals surface area contributed by atoms with E-state index in [-0.39, 0.29) is 0 Å². The summed E-state index contributed by atoms with van der Waals surface area (Å²) in [5.41, 5.74) is 1.04. The lowest BCUT2D eigenvalue weighted by molar-refractivity contribution is 0.539. The third kappa shape index (κ3) is 5.61. The summed E-state index contributed by atoms with van der Waals surface area (Å²) in [5, 5.41) is 0. The molecule has 0 aliphatic carbocycles. The summed E-state index contributed by atoms with van der Waals surface area (Å²) in [4.78, 5) is 1.07. The molecule has 2 nitrogen and oxygen atoms in total. The Morgan fingerprint density at radius 3 is 1.62 bits per heavy atom. The number of sulfone groups is 1. The fourth-order valence-electron chi connectivity index (χ4n) is 3.64. The molecule has 0 unspecified atom stereocenters. The minimum absolute atomic E-state index is 0.502. The van der Waals surface area contributed by atoms with Gasteiger partial charge in [-0.15, -0.1) is 0 Å². The van der Waals surface area contributed by atoms with Crippen molar-refractivity contribution in [3.05, 3.63) is 33.6 Å². The first-order chi connectivity index (χ1) is 11.7. The van der Waals surface area contributed by atoms with Gasteiger partial charge in [0.15, 0.2) is 0 Å². The van der Waals surface area contributed by atoms with Crippen molar-refractivity contribution in [2.75, 3.05) is 0 Å². The highest BCUT2D eigenvalue weighted by Crippen LogP contribution is 2.39. The second-order valence-corrected chi connectivity index (χ2v) is 9.18. The van der Waals surface area contributed by atoms with Crippen LogP contribution < -0.4 is 0 Å². The third-order valence-corrected chi connectivity index (χ3v) is 7.03. The number of hydrogen-bond donors (Lipinski definition) is 0. The highest BCUT2D eigenvalue weighted by molar-refractivity contribution is 8.00. The van der Waals surface area contributed by atoms with Gasteiger partial charge in [-0.3, -0.25) is 0 Å². The molecule has 0 fully saturated rings. The molecule has 0 amide bonds. The van der Waals surface area contributed by atoms with Gasteiger partial charge in [0.25, 0.3) is 0 Å². The molecule has 2 aliphatic rings. The van der Waals surface area contributed by atoms with Crippen LogP contribution in [-0.4, -0.2) is 8.42 Å². The number of rotatable bonds is 14. The summed E-state index contributed by atoms with van der Waals surface area (Å²) in [5.74, 6) is 0. The molecule has 0 N–H and O–H groups in total. The van der Waals surface area contributed by atoms with Crippen molar-refractivity contribution in [3.8, 4) is 0 Å². The van der Waals surface area contributed by atoms with E-state index in [1.54, 1.807) is 12.2 Å². The molecule has 0 aromatic heterocycles. The molecule has 0 saturated carbocycles. The van der Waals surface area contributed by atoms with Crippen LogP contribution in [0.2, 0.25) is 0 Å². The molecule has 2 aliphatic heterocycles. The SMILES string of the molecule is CCCCCCCCCCCCCCCC1=C2C=CC(=C1)S2(=O)=O. The lowest BCUT2D eigenvalue weighted by Crippen LogP contribution is -1.94. The Bertz CT molecular complexity index is 579. The van der Waals surface area contributed by atoms with Crippen LogP contribution in [0.25, 0.3) is 0 Å². The van der Waals surface area contributed by atoms with Crippen molar-refractivity contribution < 1.29 is 8.42 Å². The zero-order valence-corrected chi connectivity index (χ0v) is 16.2. The van der Waals surface area contributed by atoms with Gasteiger partial charge >= 0.3 is 0 Å². The minimum atomic E-state index is -3.08. The van der Waals surface area contributed by atoms with Crippen molar-refractivity contribution in [2.24, 2.45) is 0 Å². The van der Waals surface area contributed by atoms with Gasteiger partial charge in [0.1, 0.15) is 0 Å². The molecule has 0 atom stereocenters. The second kappa shape index (κ2) is 10.2. The topological polar surface area (TPSA) is 34.1 Å². The van der Waals surface area contributed by atoms with Gasteiger partial charge in [-0.05, 0) is 36.6 Å². The van der Waals surface area contributed by atoms with E-state index in [9.17, 15) is 8.42 Å². The lowest BCUT2D eigenvalue weighted by atomic mass is 10.0. The van der Waals surface area contributed by atoms with Crippen molar-refractivity contribution in [1.82, 2.24) is 0 Å². The molecule has 0 spiro atoms. The second-order valence-electron chi connectivity index (χ2n) is 7.27. The van der Waals surface area contributed by atoms with Crippen LogP contribution >= 0.6 is 0 Å². The van der Waals surface area contributed by atoms with Gasteiger partial charge in [-0.25, -0.2) is 8.42 Å². The molecule has 2 bridgehead atoms. The van der Waals surface area contributed by atoms with Gasteiger partial charge < -0.3 is 0 Å². The van der Waals surface area contributed by atoms with Gasteiger partial charge in [-0.1, -0.05) is 84.0 Å². The van der Waals surface area contributed by atoms with E-state index in [2.05, 4.69) is 6.92 Å². The molecular weight excluding hydrogens is 316 g/mol. The summed E-state index contributed by atoms with van der Waals surface area (Å²) in [6.45, 7) is 2.27. The maximum absolute atomic E-state index is 11.9. The van der Waals surface area contributed by atoms with Crippen LogP contribution in [-0.2, 0) is 9.84 Å². The average Bonchev–Trinajstić information content (AvgIpc) is 2.99. The maximum atomic E-state index is 11.9. The predicted molar refractivity (Wildman–Crippen MR) is 103 cm³/mol. The molecule has 0 aromatic rings. The van der Waals surface area contributed by atoms with Gasteiger partial charge in [0.2, 0.25) is 9.84 Å². The van der Waals surface area contributed by atoms with E-state index in [0.717, 1.165) is 18.4 Å². The first kappa shape index (κ1) is 19.5. The Morgan fingerprint density at radius 1 is 0.708 bits per heavy atom. The quantitative estimate of drug-likeness (QED) is 0.331. The Kier molecular flexibility index (Phi) is 8.31.